The van der Waals surface area contributed by atoms with E-state index in [1.54, 1.807) is 0 Å². The molecule has 0 aliphatic rings. The number of rotatable bonds is 2. The van der Waals surface area contributed by atoms with Crippen LogP contribution in [-0.2, 0) is 219 Å². The van der Waals surface area contributed by atoms with Crippen LogP contribution in [-0.4, -0.2) is 36.7 Å². The molecule has 0 aromatic rings. The van der Waals surface area contributed by atoms with Crippen LogP contribution in [0.2, 0.25) is 0 Å². The Morgan fingerprint density at radius 1 is 0.302 bits per heavy atom. The van der Waals surface area contributed by atoms with Gasteiger partial charge in [0.15, 0.2) is 0 Å². The zero-order chi connectivity index (χ0) is 40.0. The third-order valence-electron chi connectivity index (χ3n) is 0.200. The molecule has 0 rings (SSSR count). The van der Waals surface area contributed by atoms with Gasteiger partial charge in [-0.2, -0.15) is 31.3 Å². The van der Waals surface area contributed by atoms with E-state index in [-0.39, 0.29) is 169 Å². The van der Waals surface area contributed by atoms with Crippen LogP contribution in [0.25, 0.3) is 0 Å². The maximum atomic E-state index is 9.32. The molecule has 0 radical (unpaired) electrons. The van der Waals surface area contributed by atoms with Crippen molar-refractivity contribution in [2.75, 3.05) is 0 Å². The summed E-state index contributed by atoms with van der Waals surface area (Å²) in [4.78, 5) is 208. The van der Waals surface area contributed by atoms with Crippen LogP contribution >= 0.6 is 46.9 Å². The Bertz CT molecular complexity index is 892. The van der Waals surface area contributed by atoms with Gasteiger partial charge in [0.2, 0.25) is 0 Å². The zero-order valence-electron chi connectivity index (χ0n) is 23.8. The van der Waals surface area contributed by atoms with Gasteiger partial charge in [0.1, 0.15) is 0 Å². The van der Waals surface area contributed by atoms with E-state index in [0.29, 0.717) is 0 Å². The second kappa shape index (κ2) is 61.0. The van der Waals surface area contributed by atoms with E-state index in [0.717, 1.165) is 0 Å². The van der Waals surface area contributed by atoms with E-state index in [9.17, 15) is 28.7 Å². The van der Waals surface area contributed by atoms with Crippen molar-refractivity contribution in [2.24, 2.45) is 0 Å². The first-order valence-electron chi connectivity index (χ1n) is 6.83. The fourth-order valence-electron chi connectivity index (χ4n) is 0.122. The summed E-state index contributed by atoms with van der Waals surface area (Å²) in [5.74, 6) is 0. The molecule has 0 aliphatic heterocycles. The van der Waals surface area contributed by atoms with E-state index in [2.05, 4.69) is 4.31 Å². The normalized spacial score (nSPS) is 8.60. The van der Waals surface area contributed by atoms with Crippen molar-refractivity contribution in [1.29, 1.82) is 0 Å². The van der Waals surface area contributed by atoms with Crippen LogP contribution in [0.5, 0.6) is 0 Å². The van der Waals surface area contributed by atoms with Gasteiger partial charge in [-0.25, -0.2) is 0 Å². The Kier molecular flexibility index (Phi) is 129. The Labute approximate surface area is 413 Å². The molecular weight excluding hydrogens is 1350 g/mol. The van der Waals surface area contributed by atoms with Gasteiger partial charge in [0.05, 0.1) is 15.6 Å². The molecule has 0 atom stereocenters. The van der Waals surface area contributed by atoms with Crippen molar-refractivity contribution in [1.82, 2.24) is 0 Å². The van der Waals surface area contributed by atoms with Gasteiger partial charge in [-0.05, 0) is 0 Å². The van der Waals surface area contributed by atoms with Crippen LogP contribution in [0.1, 0.15) is 0 Å². The van der Waals surface area contributed by atoms with Gasteiger partial charge in [-0.1, -0.05) is 0 Å². The van der Waals surface area contributed by atoms with Gasteiger partial charge in [0, 0.05) is 36.7 Å². The van der Waals surface area contributed by atoms with E-state index >= 15 is 0 Å². The van der Waals surface area contributed by atoms with Crippen LogP contribution < -0.4 is 117 Å². The molecule has 0 aromatic heterocycles. The molecule has 35 nitrogen and oxygen atoms in total. The van der Waals surface area contributed by atoms with Gasteiger partial charge < -0.3 is 166 Å². The summed E-state index contributed by atoms with van der Waals surface area (Å²) >= 11 is 0. The molecule has 53 heteroatoms. The molecule has 0 saturated heterocycles. The standard InChI is InChI=1S/H4O7P2.4H3O4P.4O3Si.3Ti.4Zn.Zr/c1-8(2,3)7-9(4,5)6;4*1-5(2,3)4;4*1-4(2)3;;;;;;;;/h(H2,1,2,3)(H2,4,5,6);4*(H3,1,2,3,4);;;;;;;;;;;;/q;;;;;4*-2;3*+4;4*+2;+4/p-16. The van der Waals surface area contributed by atoms with Crippen molar-refractivity contribution in [3.05, 3.63) is 0 Å². The van der Waals surface area contributed by atoms with E-state index in [1.165, 1.54) is 0 Å². The van der Waals surface area contributed by atoms with Crippen molar-refractivity contribution in [3.8, 4) is 0 Å². The molecule has 0 amide bonds. The second-order valence-corrected chi connectivity index (χ2v) is 11.8. The minimum atomic E-state index is -5.68. The monoisotopic (exact) mass is 1350 g/mol. The van der Waals surface area contributed by atoms with Gasteiger partial charge in [-0.3, -0.25) is 0 Å². The van der Waals surface area contributed by atoms with Gasteiger partial charge in [-0.15, -0.1) is 0 Å². The summed E-state index contributed by atoms with van der Waals surface area (Å²) in [6.07, 6.45) is 0. The quantitative estimate of drug-likeness (QED) is 0.183. The molecule has 0 aliphatic carbocycles. The molecule has 280 valence electrons. The summed E-state index contributed by atoms with van der Waals surface area (Å²) in [5, 5.41) is 0. The predicted molar refractivity (Wildman–Crippen MR) is 72.5 cm³/mol. The van der Waals surface area contributed by atoms with Crippen LogP contribution in [0.15, 0.2) is 0 Å². The minimum absolute atomic E-state index is 0. The maximum absolute atomic E-state index is 9.32. The Hall–Kier alpha value is 4.69. The maximum Gasteiger partial charge on any atom is 4.00 e. The largest absolute Gasteiger partial charge is 4.00 e. The average molecular weight is 1350 g/mol. The summed E-state index contributed by atoms with van der Waals surface area (Å²) in [5.41, 5.74) is 0. The number of phosphoric acid groups is 6. The van der Waals surface area contributed by atoms with Gasteiger partial charge in [0.25, 0.3) is 0 Å². The summed E-state index contributed by atoms with van der Waals surface area (Å²) < 4.78 is 89.4. The van der Waals surface area contributed by atoms with Gasteiger partial charge >= 0.3 is 169 Å². The first-order chi connectivity index (χ1) is 18.6. The first kappa shape index (κ1) is 112. The van der Waals surface area contributed by atoms with Crippen molar-refractivity contribution < 1.29 is 335 Å². The molecule has 53 heavy (non-hydrogen) atoms. The fraction of sp³-hybridized carbons (Fsp3) is 0. The molecule has 0 heterocycles. The van der Waals surface area contributed by atoms with E-state index in [4.69, 9.17) is 133 Å². The second-order valence-electron chi connectivity index (χ2n) is 3.76. The molecule has 0 unspecified atom stereocenters. The van der Waals surface area contributed by atoms with Crippen molar-refractivity contribution in [2.45, 2.75) is 0 Å². The Balaban J connectivity index is -0.0000000182. The van der Waals surface area contributed by atoms with Crippen molar-refractivity contribution >= 4 is 83.6 Å². The zero-order valence-corrected chi connectivity index (χ0v) is 52.2. The number of hydrogen-bond acceptors (Lipinski definition) is 35. The third kappa shape index (κ3) is 1480. The smallest absolute Gasteiger partial charge is 0.822 e. The van der Waals surface area contributed by atoms with Crippen LogP contribution in [0.3, 0.4) is 0 Å². The molecule has 0 saturated carbocycles. The molecule has 0 N–H and O–H groups in total. The van der Waals surface area contributed by atoms with Crippen LogP contribution in [0.4, 0.5) is 0 Å². The summed E-state index contributed by atoms with van der Waals surface area (Å²) in [6.45, 7) is 0. The molecular formula is O35P6Si4Ti3Zn4Zr. The van der Waals surface area contributed by atoms with Crippen LogP contribution in [0, 0.1) is 0 Å². The minimum Gasteiger partial charge on any atom is -0.822 e. The Morgan fingerprint density at radius 2 is 0.340 bits per heavy atom. The first-order valence-corrected chi connectivity index (χ1v) is 20.5. The molecule has 0 bridgehead atoms. The average Bonchev–Trinajstić information content (AvgIpc) is 2.40. The predicted octanol–water partition coefficient (Wildman–Crippen LogP) is -26.2. The molecule has 0 spiro atoms. The Morgan fingerprint density at radius 3 is 0.340 bits per heavy atom. The molecule has 0 fully saturated rings. The summed E-state index contributed by atoms with van der Waals surface area (Å²) in [7, 11) is -47.4. The molecule has 0 aromatic carbocycles. The van der Waals surface area contributed by atoms with E-state index in [1.807, 2.05) is 0 Å². The van der Waals surface area contributed by atoms with Crippen molar-refractivity contribution in [3.63, 3.8) is 0 Å². The third-order valence-corrected chi connectivity index (χ3v) is 1.80. The van der Waals surface area contributed by atoms with E-state index < -0.39 is 83.6 Å². The fourth-order valence-corrected chi connectivity index (χ4v) is 1.10. The number of hydrogen-bond donors (Lipinski definition) is 0. The topological polar surface area (TPSA) is 733 Å². The SMILES string of the molecule is O=P([O-])([O-])OP(=O)([O-])[O-].O=P([O-])([O-])[O-].O=P([O-])([O-])[O-].O=P([O-])([O-])[O-].O=P([O-])([O-])[O-].O=[Si]([O-])[O-].O=[Si]([O-])[O-].O=[Si]([O-])[O-].O=[Si]([O-])[O-].[Ti+4].[Ti+4].[Ti+4].[Zn+2].[Zn+2].[Zn+2].[Zn+2].[Zr+4]. The summed E-state index contributed by atoms with van der Waals surface area (Å²) in [6, 6.07) is 0.